The van der Waals surface area contributed by atoms with Gasteiger partial charge in [-0.1, -0.05) is 340 Å². The molecular weight excluding hydrogens is 949 g/mol. The molecule has 0 aromatic heterocycles. The predicted octanol–water partition coefficient (Wildman–Crippen LogP) is 23.6. The lowest BCUT2D eigenvalue weighted by atomic mass is 10.0. The second-order valence-corrected chi connectivity index (χ2v) is 23.5. The fourth-order valence-corrected chi connectivity index (χ4v) is 10.5. The molecule has 0 rings (SSSR count). The Morgan fingerprint density at radius 2 is 0.468 bits per heavy atom. The van der Waals surface area contributed by atoms with Gasteiger partial charge in [-0.2, -0.15) is 0 Å². The maximum Gasteiger partial charge on any atom is 0.306 e. The van der Waals surface area contributed by atoms with Crippen molar-refractivity contribution in [3.05, 3.63) is 36.5 Å². The Morgan fingerprint density at radius 3 is 0.753 bits per heavy atom. The molecule has 0 saturated carbocycles. The van der Waals surface area contributed by atoms with Crippen LogP contribution >= 0.6 is 0 Å². The Balaban J connectivity index is 4.32. The second-order valence-electron chi connectivity index (χ2n) is 23.5. The van der Waals surface area contributed by atoms with Crippen LogP contribution in [0.15, 0.2) is 36.5 Å². The highest BCUT2D eigenvalue weighted by Gasteiger charge is 2.19. The quantitative estimate of drug-likeness (QED) is 0.0261. The van der Waals surface area contributed by atoms with Gasteiger partial charge in [0.25, 0.3) is 0 Å². The molecule has 0 fully saturated rings. The molecule has 0 radical (unpaired) electrons. The third kappa shape index (κ3) is 64.3. The van der Waals surface area contributed by atoms with E-state index in [1.165, 1.54) is 263 Å². The van der Waals surface area contributed by atoms with Crippen LogP contribution in [0.3, 0.4) is 0 Å². The minimum absolute atomic E-state index is 0.0718. The van der Waals surface area contributed by atoms with E-state index in [2.05, 4.69) is 57.2 Å². The molecule has 0 aliphatic rings. The first-order valence-corrected chi connectivity index (χ1v) is 34.5. The maximum atomic E-state index is 12.9. The smallest absolute Gasteiger partial charge is 0.306 e. The van der Waals surface area contributed by atoms with Crippen molar-refractivity contribution in [2.45, 2.75) is 386 Å². The number of carbonyl (C=O) groups excluding carboxylic acids is 3. The zero-order valence-corrected chi connectivity index (χ0v) is 52.0. The highest BCUT2D eigenvalue weighted by atomic mass is 16.6. The van der Waals surface area contributed by atoms with Crippen LogP contribution in [0, 0.1) is 0 Å². The minimum atomic E-state index is -0.777. The number of esters is 3. The summed E-state index contributed by atoms with van der Waals surface area (Å²) in [5.74, 6) is -0.854. The average Bonchev–Trinajstić information content (AvgIpc) is 3.43. The summed E-state index contributed by atoms with van der Waals surface area (Å²) in [5.41, 5.74) is 0. The van der Waals surface area contributed by atoms with Crippen molar-refractivity contribution < 1.29 is 28.6 Å². The van der Waals surface area contributed by atoms with Crippen molar-refractivity contribution >= 4 is 17.9 Å². The number of rotatable bonds is 64. The van der Waals surface area contributed by atoms with Crippen molar-refractivity contribution in [2.24, 2.45) is 0 Å². The highest BCUT2D eigenvalue weighted by Crippen LogP contribution is 2.18. The van der Waals surface area contributed by atoms with Gasteiger partial charge in [0.1, 0.15) is 13.2 Å². The largest absolute Gasteiger partial charge is 0.462 e. The van der Waals surface area contributed by atoms with Crippen LogP contribution < -0.4 is 0 Å². The van der Waals surface area contributed by atoms with Gasteiger partial charge in [0.15, 0.2) is 6.10 Å². The number of ether oxygens (including phenoxy) is 3. The Morgan fingerprint density at radius 1 is 0.260 bits per heavy atom. The summed E-state index contributed by atoms with van der Waals surface area (Å²) in [7, 11) is 0. The van der Waals surface area contributed by atoms with E-state index in [4.69, 9.17) is 14.2 Å². The van der Waals surface area contributed by atoms with Crippen molar-refractivity contribution in [1.29, 1.82) is 0 Å². The number of unbranched alkanes of at least 4 members (excludes halogenated alkanes) is 47. The number of allylic oxidation sites excluding steroid dienone is 6. The molecule has 0 aromatic carbocycles. The molecule has 0 aliphatic carbocycles. The van der Waals surface area contributed by atoms with Crippen molar-refractivity contribution in [2.75, 3.05) is 13.2 Å². The molecule has 77 heavy (non-hydrogen) atoms. The van der Waals surface area contributed by atoms with Gasteiger partial charge in [0.05, 0.1) is 0 Å². The van der Waals surface area contributed by atoms with E-state index in [9.17, 15) is 14.4 Å². The SMILES string of the molecule is CCCCC/C=C\C/C=C\C/C=C\CCCCCCCCC(=O)OC(COC(=O)CCCCCCCCCCCCCCCCCCCC)COC(=O)CCCCCCCCCCCCCCCCCCCCCCCC. The maximum absolute atomic E-state index is 12.9. The molecule has 6 nitrogen and oxygen atoms in total. The number of carbonyl (C=O) groups is 3. The highest BCUT2D eigenvalue weighted by molar-refractivity contribution is 5.71. The minimum Gasteiger partial charge on any atom is -0.462 e. The predicted molar refractivity (Wildman–Crippen MR) is 335 cm³/mol. The lowest BCUT2D eigenvalue weighted by Crippen LogP contribution is -2.30. The molecule has 0 amide bonds. The van der Waals surface area contributed by atoms with Crippen LogP contribution in [0.25, 0.3) is 0 Å². The van der Waals surface area contributed by atoms with E-state index in [-0.39, 0.29) is 31.1 Å². The Labute approximate surface area is 480 Å². The number of hydrogen-bond donors (Lipinski definition) is 0. The van der Waals surface area contributed by atoms with Gasteiger partial charge in [-0.05, 0) is 57.8 Å². The van der Waals surface area contributed by atoms with Gasteiger partial charge >= 0.3 is 17.9 Å². The van der Waals surface area contributed by atoms with Gasteiger partial charge in [0, 0.05) is 19.3 Å². The lowest BCUT2D eigenvalue weighted by molar-refractivity contribution is -0.167. The molecule has 6 heteroatoms. The van der Waals surface area contributed by atoms with E-state index in [0.717, 1.165) is 77.0 Å². The van der Waals surface area contributed by atoms with E-state index in [1.807, 2.05) is 0 Å². The molecule has 0 bridgehead atoms. The third-order valence-corrected chi connectivity index (χ3v) is 15.6. The molecule has 1 unspecified atom stereocenters. The van der Waals surface area contributed by atoms with Gasteiger partial charge in [-0.25, -0.2) is 0 Å². The topological polar surface area (TPSA) is 78.9 Å². The molecular formula is C71H132O6. The van der Waals surface area contributed by atoms with Gasteiger partial charge in [-0.3, -0.25) is 14.4 Å². The summed E-state index contributed by atoms with van der Waals surface area (Å²) in [4.78, 5) is 38.4. The zero-order valence-electron chi connectivity index (χ0n) is 52.0. The molecule has 0 heterocycles. The molecule has 0 aromatic rings. The van der Waals surface area contributed by atoms with E-state index in [0.29, 0.717) is 19.3 Å². The molecule has 1 atom stereocenters. The molecule has 0 N–H and O–H groups in total. The van der Waals surface area contributed by atoms with Gasteiger partial charge in [-0.15, -0.1) is 0 Å². The average molecular weight is 1080 g/mol. The Kier molecular flexibility index (Phi) is 64.1. The fourth-order valence-electron chi connectivity index (χ4n) is 10.5. The summed E-state index contributed by atoms with van der Waals surface area (Å²) in [5, 5.41) is 0. The standard InChI is InChI=1S/C71H132O6/c1-4-7-10-13-16-19-22-25-28-31-34-35-36-38-40-43-46-49-52-55-58-61-64-70(73)76-67-68(66-75-69(72)63-60-57-54-51-48-45-42-39-33-30-27-24-21-18-15-12-9-6-3)77-71(74)65-62-59-56-53-50-47-44-41-37-32-29-26-23-20-17-14-11-8-5-2/h17,20,26,29,37,41,68H,4-16,18-19,21-25,27-28,30-36,38-40,42-67H2,1-3H3/b20-17-,29-26-,41-37-. The lowest BCUT2D eigenvalue weighted by Gasteiger charge is -2.18. The van der Waals surface area contributed by atoms with Crippen molar-refractivity contribution in [3.8, 4) is 0 Å². The normalized spacial score (nSPS) is 12.2. The van der Waals surface area contributed by atoms with E-state index < -0.39 is 6.10 Å². The number of hydrogen-bond acceptors (Lipinski definition) is 6. The summed E-state index contributed by atoms with van der Waals surface area (Å²) < 4.78 is 17.0. The summed E-state index contributed by atoms with van der Waals surface area (Å²) in [6.07, 6.45) is 81.6. The second kappa shape index (κ2) is 66.1. The van der Waals surface area contributed by atoms with Crippen LogP contribution in [0.2, 0.25) is 0 Å². The fraction of sp³-hybridized carbons (Fsp3) is 0.873. The molecule has 452 valence electrons. The van der Waals surface area contributed by atoms with Crippen LogP contribution in [0.1, 0.15) is 380 Å². The first kappa shape index (κ1) is 74.6. The summed E-state index contributed by atoms with van der Waals surface area (Å²) in [6.45, 7) is 6.68. The van der Waals surface area contributed by atoms with Crippen molar-refractivity contribution in [3.63, 3.8) is 0 Å². The van der Waals surface area contributed by atoms with Crippen LogP contribution in [-0.4, -0.2) is 37.2 Å². The first-order chi connectivity index (χ1) is 38.0. The van der Waals surface area contributed by atoms with Gasteiger partial charge < -0.3 is 14.2 Å². The third-order valence-electron chi connectivity index (χ3n) is 15.6. The molecule has 0 aliphatic heterocycles. The van der Waals surface area contributed by atoms with E-state index in [1.54, 1.807) is 0 Å². The first-order valence-electron chi connectivity index (χ1n) is 34.5. The molecule has 0 spiro atoms. The van der Waals surface area contributed by atoms with Crippen LogP contribution in [0.5, 0.6) is 0 Å². The zero-order chi connectivity index (χ0) is 55.7. The van der Waals surface area contributed by atoms with Crippen LogP contribution in [-0.2, 0) is 28.6 Å². The van der Waals surface area contributed by atoms with Gasteiger partial charge in [0.2, 0.25) is 0 Å². The Hall–Kier alpha value is -2.37. The Bertz CT molecular complexity index is 1290. The van der Waals surface area contributed by atoms with Crippen molar-refractivity contribution in [1.82, 2.24) is 0 Å². The monoisotopic (exact) mass is 1080 g/mol. The van der Waals surface area contributed by atoms with E-state index >= 15 is 0 Å². The molecule has 0 saturated heterocycles. The summed E-state index contributed by atoms with van der Waals surface area (Å²) >= 11 is 0. The van der Waals surface area contributed by atoms with Crippen LogP contribution in [0.4, 0.5) is 0 Å². The summed E-state index contributed by atoms with van der Waals surface area (Å²) in [6, 6.07) is 0.